The molecule has 3 rings (SSSR count). The second kappa shape index (κ2) is 11.8. The molecule has 0 saturated heterocycles. The molecule has 0 spiro atoms. The van der Waals surface area contributed by atoms with E-state index in [9.17, 15) is 25.9 Å². The molecule has 0 unspecified atom stereocenters. The normalized spacial score (nSPS) is 11.0. The van der Waals surface area contributed by atoms with E-state index in [4.69, 9.17) is 0 Å². The van der Waals surface area contributed by atoms with Crippen LogP contribution in [0.25, 0.3) is 11.1 Å². The molecule has 0 N–H and O–H groups in total. The van der Waals surface area contributed by atoms with E-state index in [0.717, 1.165) is 0 Å². The zero-order chi connectivity index (χ0) is 21.1. The Labute approximate surface area is 224 Å². The molecule has 3 aromatic rings. The first-order valence-electron chi connectivity index (χ1n) is 8.03. The quantitative estimate of drug-likeness (QED) is 0.187. The van der Waals surface area contributed by atoms with Crippen LogP contribution in [-0.4, -0.2) is 30.9 Å². The summed E-state index contributed by atoms with van der Waals surface area (Å²) in [4.78, 5) is 4.17. The van der Waals surface area contributed by atoms with E-state index in [2.05, 4.69) is 13.4 Å². The standard InChI is InChI=1S/C18H15NO8S2.2Na/c20-28(21,22)26-17-7-4-13(5-8-17)14-6-9-18(27-29(23,24)25)15(11-14)12-16-3-1-2-10-19-16;;/h1-11H,12H2,(H,20,21,22)(H,23,24,25);;/q;2*+1/p-2. The Hall–Kier alpha value is -0.990. The fraction of sp³-hybridized carbons (Fsp3) is 0.0556. The van der Waals surface area contributed by atoms with Crippen LogP contribution in [0.2, 0.25) is 0 Å². The Balaban J connectivity index is 0.00000240. The molecule has 31 heavy (non-hydrogen) atoms. The maximum atomic E-state index is 11.0. The molecule has 0 amide bonds. The Morgan fingerprint density at radius 3 is 1.94 bits per heavy atom. The molecule has 13 heteroatoms. The molecule has 2 aromatic carbocycles. The second-order valence-electron chi connectivity index (χ2n) is 5.83. The number of hydrogen-bond acceptors (Lipinski definition) is 9. The SMILES string of the molecule is O=S(=O)([O-])Oc1ccc(-c2ccc(OS(=O)(=O)[O-])c(Cc3ccccn3)c2)cc1.[Na+].[Na+]. The van der Waals surface area contributed by atoms with Crippen LogP contribution in [0.4, 0.5) is 0 Å². The molecular weight excluding hydrogens is 468 g/mol. The van der Waals surface area contributed by atoms with Gasteiger partial charge in [0.1, 0.15) is 11.5 Å². The molecule has 0 aliphatic heterocycles. The number of hydrogen-bond donors (Lipinski definition) is 0. The van der Waals surface area contributed by atoms with Crippen molar-refractivity contribution < 1.29 is 93.4 Å². The third-order valence-electron chi connectivity index (χ3n) is 3.74. The number of nitrogens with zero attached hydrogens (tertiary/aromatic N) is 1. The van der Waals surface area contributed by atoms with Crippen molar-refractivity contribution in [2.75, 3.05) is 0 Å². The van der Waals surface area contributed by atoms with Gasteiger partial charge < -0.3 is 17.5 Å². The molecule has 1 heterocycles. The molecule has 152 valence electrons. The van der Waals surface area contributed by atoms with E-state index in [1.54, 1.807) is 30.5 Å². The number of aromatic nitrogens is 1. The first-order valence-corrected chi connectivity index (χ1v) is 10.7. The van der Waals surface area contributed by atoms with Gasteiger partial charge in [-0.3, -0.25) is 4.98 Å². The number of rotatable bonds is 7. The van der Waals surface area contributed by atoms with Crippen molar-refractivity contribution in [2.45, 2.75) is 6.42 Å². The van der Waals surface area contributed by atoms with Crippen molar-refractivity contribution >= 4 is 20.8 Å². The summed E-state index contributed by atoms with van der Waals surface area (Å²) in [6.45, 7) is 0. The van der Waals surface area contributed by atoms with Crippen LogP contribution >= 0.6 is 0 Å². The van der Waals surface area contributed by atoms with Crippen molar-refractivity contribution in [3.05, 3.63) is 78.1 Å². The third-order valence-corrected chi connectivity index (χ3v) is 4.52. The first kappa shape index (κ1) is 28.0. The van der Waals surface area contributed by atoms with Crippen LogP contribution in [0.5, 0.6) is 11.5 Å². The predicted octanol–water partition coefficient (Wildman–Crippen LogP) is -3.97. The summed E-state index contributed by atoms with van der Waals surface area (Å²) in [5.74, 6) is -0.262. The van der Waals surface area contributed by atoms with E-state index < -0.39 is 20.8 Å². The maximum Gasteiger partial charge on any atom is 1.00 e. The van der Waals surface area contributed by atoms with Gasteiger partial charge in [0.05, 0.1) is 0 Å². The Bertz CT molecular complexity index is 1220. The average Bonchev–Trinajstić information content (AvgIpc) is 2.62. The van der Waals surface area contributed by atoms with Crippen LogP contribution in [0.3, 0.4) is 0 Å². The summed E-state index contributed by atoms with van der Waals surface area (Å²) in [5.41, 5.74) is 2.29. The minimum absolute atomic E-state index is 0. The molecule has 9 nitrogen and oxygen atoms in total. The molecule has 0 atom stereocenters. The van der Waals surface area contributed by atoms with Gasteiger partial charge in [0.2, 0.25) is 0 Å². The maximum absolute atomic E-state index is 11.0. The smallest absolute Gasteiger partial charge is 0.716 e. The summed E-state index contributed by atoms with van der Waals surface area (Å²) < 4.78 is 73.8. The van der Waals surface area contributed by atoms with Crippen LogP contribution in [0.1, 0.15) is 11.3 Å². The predicted molar refractivity (Wildman–Crippen MR) is 99.6 cm³/mol. The Morgan fingerprint density at radius 1 is 0.774 bits per heavy atom. The van der Waals surface area contributed by atoms with Crippen molar-refractivity contribution in [3.8, 4) is 22.6 Å². The van der Waals surface area contributed by atoms with Gasteiger partial charge in [0.15, 0.2) is 0 Å². The summed E-state index contributed by atoms with van der Waals surface area (Å²) >= 11 is 0. The summed E-state index contributed by atoms with van der Waals surface area (Å²) in [6.07, 6.45) is 1.78. The molecule has 0 saturated carbocycles. The van der Waals surface area contributed by atoms with Gasteiger partial charge in [0, 0.05) is 23.9 Å². The van der Waals surface area contributed by atoms with E-state index in [-0.39, 0.29) is 77.0 Å². The van der Waals surface area contributed by atoms with E-state index in [1.165, 1.54) is 36.4 Å². The number of pyridine rings is 1. The van der Waals surface area contributed by atoms with Crippen LogP contribution in [0.15, 0.2) is 66.9 Å². The van der Waals surface area contributed by atoms with Crippen LogP contribution in [-0.2, 0) is 27.2 Å². The van der Waals surface area contributed by atoms with Crippen LogP contribution in [0, 0.1) is 0 Å². The Morgan fingerprint density at radius 2 is 1.39 bits per heavy atom. The topological polar surface area (TPSA) is 146 Å². The average molecular weight is 481 g/mol. The molecular formula is C18H13NNa2O8S2. The minimum Gasteiger partial charge on any atom is -0.716 e. The second-order valence-corrected chi connectivity index (χ2v) is 7.79. The Kier molecular flexibility index (Phi) is 10.6. The van der Waals surface area contributed by atoms with Gasteiger partial charge in [-0.2, -0.15) is 0 Å². The van der Waals surface area contributed by atoms with Crippen molar-refractivity contribution in [2.24, 2.45) is 0 Å². The zero-order valence-electron chi connectivity index (χ0n) is 16.6. The van der Waals surface area contributed by atoms with Gasteiger partial charge >= 0.3 is 59.1 Å². The van der Waals surface area contributed by atoms with Gasteiger partial charge in [-0.05, 0) is 47.5 Å². The summed E-state index contributed by atoms with van der Waals surface area (Å²) in [5, 5.41) is 0. The summed E-state index contributed by atoms with van der Waals surface area (Å²) in [7, 11) is -9.84. The monoisotopic (exact) mass is 481 g/mol. The molecule has 0 aliphatic carbocycles. The van der Waals surface area contributed by atoms with Gasteiger partial charge in [0.25, 0.3) is 20.8 Å². The molecule has 1 aromatic heterocycles. The molecule has 0 radical (unpaired) electrons. The zero-order valence-corrected chi connectivity index (χ0v) is 22.2. The van der Waals surface area contributed by atoms with Crippen molar-refractivity contribution in [3.63, 3.8) is 0 Å². The van der Waals surface area contributed by atoms with E-state index in [1.807, 2.05) is 0 Å². The molecule has 0 bridgehead atoms. The van der Waals surface area contributed by atoms with Crippen LogP contribution < -0.4 is 67.5 Å². The van der Waals surface area contributed by atoms with Crippen molar-refractivity contribution in [1.29, 1.82) is 0 Å². The van der Waals surface area contributed by atoms with Gasteiger partial charge in [-0.25, -0.2) is 16.8 Å². The van der Waals surface area contributed by atoms with Gasteiger partial charge in [-0.15, -0.1) is 0 Å². The van der Waals surface area contributed by atoms with Crippen molar-refractivity contribution in [1.82, 2.24) is 4.98 Å². The van der Waals surface area contributed by atoms with Gasteiger partial charge in [-0.1, -0.05) is 24.3 Å². The minimum atomic E-state index is -4.97. The third kappa shape index (κ3) is 9.18. The molecule has 0 aliphatic rings. The number of benzene rings is 2. The largest absolute Gasteiger partial charge is 1.00 e. The van der Waals surface area contributed by atoms with E-state index in [0.29, 0.717) is 22.4 Å². The summed E-state index contributed by atoms with van der Waals surface area (Å²) in [6, 6.07) is 15.4. The molecule has 0 fully saturated rings. The first-order chi connectivity index (χ1) is 13.6. The fourth-order valence-corrected chi connectivity index (χ4v) is 3.34. The van der Waals surface area contributed by atoms with E-state index >= 15 is 0 Å². The fourth-order valence-electron chi connectivity index (χ4n) is 2.61.